The number of likely N-dealkylation sites (N-methyl/N-ethyl adjacent to an activating group) is 1. The zero-order chi connectivity index (χ0) is 17.9. The van der Waals surface area contributed by atoms with Crippen LogP contribution < -0.4 is 5.32 Å². The smallest absolute Gasteiger partial charge is 0.251 e. The van der Waals surface area contributed by atoms with E-state index < -0.39 is 0 Å². The maximum absolute atomic E-state index is 12.6. The molecule has 3 aromatic rings. The molecular weight excluding hydrogens is 324 g/mol. The van der Waals surface area contributed by atoms with E-state index in [4.69, 9.17) is 0 Å². The molecule has 1 aliphatic heterocycles. The van der Waals surface area contributed by atoms with E-state index in [2.05, 4.69) is 22.1 Å². The molecule has 0 aliphatic carbocycles. The summed E-state index contributed by atoms with van der Waals surface area (Å²) in [5.41, 5.74) is 3.73. The van der Waals surface area contributed by atoms with Gasteiger partial charge >= 0.3 is 0 Å². The summed E-state index contributed by atoms with van der Waals surface area (Å²) < 4.78 is 2.04. The SMILES string of the molecule is CCN1CCC[C@@H](NC(=O)c2ccc(-n3cnc4ccccc43)cc2)C1. The minimum Gasteiger partial charge on any atom is -0.348 e. The van der Waals surface area contributed by atoms with Crippen LogP contribution in [-0.4, -0.2) is 46.0 Å². The van der Waals surface area contributed by atoms with Gasteiger partial charge in [-0.05, 0) is 62.3 Å². The molecule has 1 N–H and O–H groups in total. The highest BCUT2D eigenvalue weighted by Crippen LogP contribution is 2.18. The summed E-state index contributed by atoms with van der Waals surface area (Å²) in [4.78, 5) is 19.4. The zero-order valence-corrected chi connectivity index (χ0v) is 15.1. The normalized spacial score (nSPS) is 18.1. The Labute approximate surface area is 153 Å². The van der Waals surface area contributed by atoms with Gasteiger partial charge in [0.25, 0.3) is 5.91 Å². The lowest BCUT2D eigenvalue weighted by Crippen LogP contribution is -2.47. The van der Waals surface area contributed by atoms with Crippen LogP contribution in [0.4, 0.5) is 0 Å². The first-order valence-corrected chi connectivity index (χ1v) is 9.30. The molecular formula is C21H24N4O. The molecule has 1 fully saturated rings. The van der Waals surface area contributed by atoms with Crippen LogP contribution in [0.1, 0.15) is 30.1 Å². The van der Waals surface area contributed by atoms with Crippen LogP contribution in [0.2, 0.25) is 0 Å². The lowest BCUT2D eigenvalue weighted by molar-refractivity contribution is 0.0906. The van der Waals surface area contributed by atoms with E-state index in [-0.39, 0.29) is 11.9 Å². The van der Waals surface area contributed by atoms with Crippen molar-refractivity contribution in [2.24, 2.45) is 0 Å². The Morgan fingerprint density at radius 2 is 2.00 bits per heavy atom. The van der Waals surface area contributed by atoms with Gasteiger partial charge in [-0.3, -0.25) is 9.36 Å². The Morgan fingerprint density at radius 1 is 1.19 bits per heavy atom. The number of hydrogen-bond acceptors (Lipinski definition) is 3. The molecule has 2 aromatic carbocycles. The minimum absolute atomic E-state index is 0.00925. The third-order valence-electron chi connectivity index (χ3n) is 5.15. The van der Waals surface area contributed by atoms with Gasteiger partial charge in [0.05, 0.1) is 11.0 Å². The molecule has 0 spiro atoms. The van der Waals surface area contributed by atoms with E-state index in [0.717, 1.165) is 49.2 Å². The molecule has 4 rings (SSSR count). The number of piperidine rings is 1. The highest BCUT2D eigenvalue weighted by molar-refractivity contribution is 5.94. The van der Waals surface area contributed by atoms with E-state index >= 15 is 0 Å². The molecule has 1 atom stereocenters. The molecule has 5 heteroatoms. The van der Waals surface area contributed by atoms with Crippen LogP contribution in [0.5, 0.6) is 0 Å². The van der Waals surface area contributed by atoms with E-state index in [1.54, 1.807) is 0 Å². The summed E-state index contributed by atoms with van der Waals surface area (Å²) >= 11 is 0. The molecule has 0 unspecified atom stereocenters. The van der Waals surface area contributed by atoms with Gasteiger partial charge in [-0.2, -0.15) is 0 Å². The zero-order valence-electron chi connectivity index (χ0n) is 15.1. The molecule has 0 bridgehead atoms. The fourth-order valence-corrected chi connectivity index (χ4v) is 3.67. The third kappa shape index (κ3) is 3.35. The monoisotopic (exact) mass is 348 g/mol. The number of benzene rings is 2. The molecule has 134 valence electrons. The van der Waals surface area contributed by atoms with Crippen LogP contribution >= 0.6 is 0 Å². The number of amides is 1. The number of rotatable bonds is 4. The van der Waals surface area contributed by atoms with Gasteiger partial charge in [0.15, 0.2) is 0 Å². The van der Waals surface area contributed by atoms with E-state index in [1.807, 2.05) is 59.4 Å². The molecule has 2 heterocycles. The van der Waals surface area contributed by atoms with Gasteiger partial charge < -0.3 is 10.2 Å². The minimum atomic E-state index is 0.00925. The maximum Gasteiger partial charge on any atom is 0.251 e. The summed E-state index contributed by atoms with van der Waals surface area (Å²) in [5, 5.41) is 3.18. The average molecular weight is 348 g/mol. The summed E-state index contributed by atoms with van der Waals surface area (Å²) in [6.45, 7) is 5.29. The van der Waals surface area contributed by atoms with Crippen molar-refractivity contribution in [3.05, 3.63) is 60.4 Å². The van der Waals surface area contributed by atoms with E-state index in [9.17, 15) is 4.79 Å². The molecule has 1 saturated heterocycles. The number of para-hydroxylation sites is 2. The van der Waals surface area contributed by atoms with Crippen LogP contribution in [0.3, 0.4) is 0 Å². The van der Waals surface area contributed by atoms with E-state index in [1.165, 1.54) is 0 Å². The number of imidazole rings is 1. The van der Waals surface area contributed by atoms with Crippen molar-refractivity contribution in [3.63, 3.8) is 0 Å². The average Bonchev–Trinajstić information content (AvgIpc) is 3.12. The summed E-state index contributed by atoms with van der Waals surface area (Å²) in [5.74, 6) is 0.00925. The van der Waals surface area contributed by atoms with Crippen molar-refractivity contribution in [2.75, 3.05) is 19.6 Å². The predicted molar refractivity (Wildman–Crippen MR) is 104 cm³/mol. The lowest BCUT2D eigenvalue weighted by atomic mass is 10.0. The highest BCUT2D eigenvalue weighted by Gasteiger charge is 2.20. The number of hydrogen-bond donors (Lipinski definition) is 1. The van der Waals surface area contributed by atoms with Gasteiger partial charge in [-0.25, -0.2) is 4.98 Å². The number of nitrogens with zero attached hydrogens (tertiary/aromatic N) is 3. The van der Waals surface area contributed by atoms with Gasteiger partial charge in [0, 0.05) is 23.8 Å². The Balaban J connectivity index is 1.48. The lowest BCUT2D eigenvalue weighted by Gasteiger charge is -2.32. The second-order valence-electron chi connectivity index (χ2n) is 6.86. The number of carbonyl (C=O) groups excluding carboxylic acids is 1. The summed E-state index contributed by atoms with van der Waals surface area (Å²) in [6.07, 6.45) is 4.02. The van der Waals surface area contributed by atoms with Crippen LogP contribution in [-0.2, 0) is 0 Å². The molecule has 1 amide bonds. The number of likely N-dealkylation sites (tertiary alicyclic amines) is 1. The largest absolute Gasteiger partial charge is 0.348 e. The molecule has 0 saturated carbocycles. The first-order valence-electron chi connectivity index (χ1n) is 9.30. The maximum atomic E-state index is 12.6. The van der Waals surface area contributed by atoms with Crippen molar-refractivity contribution in [1.82, 2.24) is 19.8 Å². The predicted octanol–water partition coefficient (Wildman–Crippen LogP) is 3.24. The molecule has 0 radical (unpaired) electrons. The van der Waals surface area contributed by atoms with Crippen molar-refractivity contribution in [2.45, 2.75) is 25.8 Å². The van der Waals surface area contributed by atoms with E-state index in [0.29, 0.717) is 5.56 Å². The van der Waals surface area contributed by atoms with Gasteiger partial charge in [0.2, 0.25) is 0 Å². The first-order chi connectivity index (χ1) is 12.7. The second kappa shape index (κ2) is 7.30. The van der Waals surface area contributed by atoms with Gasteiger partial charge in [-0.15, -0.1) is 0 Å². The Morgan fingerprint density at radius 3 is 2.81 bits per heavy atom. The second-order valence-corrected chi connectivity index (χ2v) is 6.86. The number of nitrogens with one attached hydrogen (secondary N) is 1. The van der Waals surface area contributed by atoms with Crippen LogP contribution in [0, 0.1) is 0 Å². The molecule has 1 aromatic heterocycles. The Bertz CT molecular complexity index is 900. The topological polar surface area (TPSA) is 50.2 Å². The molecule has 1 aliphatic rings. The van der Waals surface area contributed by atoms with Crippen molar-refractivity contribution >= 4 is 16.9 Å². The van der Waals surface area contributed by atoms with Gasteiger partial charge in [-0.1, -0.05) is 19.1 Å². The quantitative estimate of drug-likeness (QED) is 0.787. The van der Waals surface area contributed by atoms with Crippen molar-refractivity contribution in [3.8, 4) is 5.69 Å². The Hall–Kier alpha value is -2.66. The van der Waals surface area contributed by atoms with Crippen LogP contribution in [0.25, 0.3) is 16.7 Å². The molecule has 26 heavy (non-hydrogen) atoms. The van der Waals surface area contributed by atoms with Crippen molar-refractivity contribution < 1.29 is 4.79 Å². The fourth-order valence-electron chi connectivity index (χ4n) is 3.67. The number of carbonyl (C=O) groups is 1. The summed E-state index contributed by atoms with van der Waals surface area (Å²) in [7, 11) is 0. The Kier molecular flexibility index (Phi) is 4.71. The number of aromatic nitrogens is 2. The molecule has 5 nitrogen and oxygen atoms in total. The highest BCUT2D eigenvalue weighted by atomic mass is 16.1. The van der Waals surface area contributed by atoms with Gasteiger partial charge in [0.1, 0.15) is 6.33 Å². The standard InChI is InChI=1S/C21H24N4O/c1-2-24-13-5-6-17(14-24)23-21(26)16-9-11-18(12-10-16)25-15-22-19-7-3-4-8-20(19)25/h3-4,7-12,15,17H,2,5-6,13-14H2,1H3,(H,23,26)/t17-/m1/s1. The third-order valence-corrected chi connectivity index (χ3v) is 5.15. The summed E-state index contributed by atoms with van der Waals surface area (Å²) in [6, 6.07) is 16.0. The van der Waals surface area contributed by atoms with Crippen LogP contribution in [0.15, 0.2) is 54.9 Å². The van der Waals surface area contributed by atoms with Crippen molar-refractivity contribution in [1.29, 1.82) is 0 Å². The first kappa shape index (κ1) is 16.8. The fraction of sp³-hybridized carbons (Fsp3) is 0.333. The number of fused-ring (bicyclic) bond motifs is 1.